The number of halogens is 1. The molecule has 1 spiro atoms. The standard InChI is InChI=1S/C15H27N3O.HI/c1-3-9-17-14(16-2)18-12-11-6-10-19-13(11)15(12)7-4-5-8-15;/h11-13H,3-10H2,1-2H3,(H2,16,17,18);1H. The van der Waals surface area contributed by atoms with Gasteiger partial charge in [-0.1, -0.05) is 19.8 Å². The van der Waals surface area contributed by atoms with Crippen molar-refractivity contribution in [1.29, 1.82) is 0 Å². The van der Waals surface area contributed by atoms with Crippen molar-refractivity contribution in [1.82, 2.24) is 10.6 Å². The van der Waals surface area contributed by atoms with E-state index in [-0.39, 0.29) is 24.0 Å². The Balaban J connectivity index is 0.00000147. The highest BCUT2D eigenvalue weighted by atomic mass is 127. The summed E-state index contributed by atoms with van der Waals surface area (Å²) in [5.74, 6) is 1.68. The molecule has 0 radical (unpaired) electrons. The van der Waals surface area contributed by atoms with E-state index in [1.807, 2.05) is 7.05 Å². The van der Waals surface area contributed by atoms with Gasteiger partial charge in [-0.3, -0.25) is 4.99 Å². The largest absolute Gasteiger partial charge is 0.377 e. The number of rotatable bonds is 3. The lowest BCUT2D eigenvalue weighted by Crippen LogP contribution is -2.69. The van der Waals surface area contributed by atoms with Crippen LogP contribution in [0.15, 0.2) is 4.99 Å². The highest BCUT2D eigenvalue weighted by Crippen LogP contribution is 2.60. The molecule has 1 heterocycles. The molecule has 2 aliphatic carbocycles. The molecule has 2 saturated carbocycles. The van der Waals surface area contributed by atoms with Crippen LogP contribution in [0.5, 0.6) is 0 Å². The van der Waals surface area contributed by atoms with Crippen molar-refractivity contribution in [2.75, 3.05) is 20.2 Å². The number of hydrogen-bond acceptors (Lipinski definition) is 2. The van der Waals surface area contributed by atoms with Crippen LogP contribution in [0.4, 0.5) is 0 Å². The molecule has 3 rings (SSSR count). The fourth-order valence-electron chi connectivity index (χ4n) is 4.49. The van der Waals surface area contributed by atoms with Gasteiger partial charge in [-0.2, -0.15) is 0 Å². The number of nitrogens with one attached hydrogen (secondary N) is 2. The molecule has 3 unspecified atom stereocenters. The maximum atomic E-state index is 6.02. The van der Waals surface area contributed by atoms with E-state index in [9.17, 15) is 0 Å². The lowest BCUT2D eigenvalue weighted by molar-refractivity contribution is -0.125. The van der Waals surface area contributed by atoms with Crippen molar-refractivity contribution in [3.05, 3.63) is 0 Å². The minimum absolute atomic E-state index is 0. The summed E-state index contributed by atoms with van der Waals surface area (Å²) < 4.78 is 6.02. The summed E-state index contributed by atoms with van der Waals surface area (Å²) >= 11 is 0. The third-order valence-electron chi connectivity index (χ3n) is 5.34. The Morgan fingerprint density at radius 1 is 1.35 bits per heavy atom. The molecular formula is C15H28IN3O. The fraction of sp³-hybridized carbons (Fsp3) is 0.933. The first-order valence-corrected chi connectivity index (χ1v) is 7.90. The van der Waals surface area contributed by atoms with Gasteiger partial charge >= 0.3 is 0 Å². The van der Waals surface area contributed by atoms with Crippen LogP contribution in [0, 0.1) is 11.3 Å². The van der Waals surface area contributed by atoms with Crippen molar-refractivity contribution in [2.45, 2.75) is 57.6 Å². The van der Waals surface area contributed by atoms with Gasteiger partial charge in [0.25, 0.3) is 0 Å². The first-order valence-electron chi connectivity index (χ1n) is 7.90. The number of ether oxygens (including phenoxy) is 1. The zero-order valence-corrected chi connectivity index (χ0v) is 15.0. The average molecular weight is 393 g/mol. The molecule has 3 aliphatic rings. The summed E-state index contributed by atoms with van der Waals surface area (Å²) in [7, 11) is 1.87. The second kappa shape index (κ2) is 6.81. The Hall–Kier alpha value is -0.0400. The van der Waals surface area contributed by atoms with Gasteiger partial charge in [0.1, 0.15) is 0 Å². The molecule has 0 aromatic rings. The number of hydrogen-bond donors (Lipinski definition) is 2. The lowest BCUT2D eigenvalue weighted by atomic mass is 9.54. The third-order valence-corrected chi connectivity index (χ3v) is 5.34. The molecule has 1 aliphatic heterocycles. The zero-order valence-electron chi connectivity index (χ0n) is 12.7. The summed E-state index contributed by atoms with van der Waals surface area (Å²) in [6, 6.07) is 0.575. The van der Waals surface area contributed by atoms with Crippen molar-refractivity contribution in [2.24, 2.45) is 16.3 Å². The van der Waals surface area contributed by atoms with Gasteiger partial charge < -0.3 is 15.4 Å². The summed E-state index contributed by atoms with van der Waals surface area (Å²) in [6.45, 7) is 4.13. The molecule has 5 heteroatoms. The summed E-state index contributed by atoms with van der Waals surface area (Å²) in [5.41, 5.74) is 0.408. The molecule has 4 nitrogen and oxygen atoms in total. The molecule has 3 fully saturated rings. The minimum Gasteiger partial charge on any atom is -0.377 e. The second-order valence-electron chi connectivity index (χ2n) is 6.31. The molecule has 1 saturated heterocycles. The van der Waals surface area contributed by atoms with Gasteiger partial charge in [0.2, 0.25) is 0 Å². The van der Waals surface area contributed by atoms with Crippen LogP contribution in [0.1, 0.15) is 45.4 Å². The smallest absolute Gasteiger partial charge is 0.191 e. The molecular weight excluding hydrogens is 365 g/mol. The summed E-state index contributed by atoms with van der Waals surface area (Å²) in [5, 5.41) is 7.10. The molecule has 3 atom stereocenters. The van der Waals surface area contributed by atoms with E-state index in [1.165, 1.54) is 32.1 Å². The predicted octanol–water partition coefficient (Wildman–Crippen LogP) is 2.53. The van der Waals surface area contributed by atoms with Crippen molar-refractivity contribution in [3.63, 3.8) is 0 Å². The van der Waals surface area contributed by atoms with E-state index in [1.54, 1.807) is 0 Å². The highest BCUT2D eigenvalue weighted by Gasteiger charge is 2.65. The summed E-state index contributed by atoms with van der Waals surface area (Å²) in [6.07, 6.45) is 8.27. The number of fused-ring (bicyclic) bond motifs is 2. The van der Waals surface area contributed by atoms with Gasteiger partial charge in [0.05, 0.1) is 6.10 Å². The van der Waals surface area contributed by atoms with E-state index in [0.29, 0.717) is 23.5 Å². The third kappa shape index (κ3) is 2.56. The quantitative estimate of drug-likeness (QED) is 0.440. The number of aliphatic imine (C=N–C) groups is 1. The monoisotopic (exact) mass is 393 g/mol. The van der Waals surface area contributed by atoms with Gasteiger partial charge in [0.15, 0.2) is 5.96 Å². The molecule has 2 N–H and O–H groups in total. The van der Waals surface area contributed by atoms with E-state index in [0.717, 1.165) is 25.5 Å². The summed E-state index contributed by atoms with van der Waals surface area (Å²) in [4.78, 5) is 4.37. The molecule has 0 bridgehead atoms. The van der Waals surface area contributed by atoms with Crippen molar-refractivity contribution >= 4 is 29.9 Å². The Kier molecular flexibility index (Phi) is 5.56. The SMILES string of the molecule is CCCNC(=NC)NC1C2CCOC2C12CCCC2.I. The number of guanidine groups is 1. The van der Waals surface area contributed by atoms with Crippen LogP contribution in [0.3, 0.4) is 0 Å². The van der Waals surface area contributed by atoms with Gasteiger partial charge in [-0.05, 0) is 25.7 Å². The first-order chi connectivity index (χ1) is 9.31. The first kappa shape index (κ1) is 16.3. The maximum Gasteiger partial charge on any atom is 0.191 e. The van der Waals surface area contributed by atoms with Crippen LogP contribution in [-0.4, -0.2) is 38.3 Å². The predicted molar refractivity (Wildman–Crippen MR) is 92.7 cm³/mol. The average Bonchev–Trinajstić information content (AvgIpc) is 3.07. The maximum absolute atomic E-state index is 6.02. The topological polar surface area (TPSA) is 45.7 Å². The Labute approximate surface area is 139 Å². The van der Waals surface area contributed by atoms with Crippen LogP contribution in [0.2, 0.25) is 0 Å². The Morgan fingerprint density at radius 3 is 2.75 bits per heavy atom. The normalized spacial score (nSPS) is 34.3. The van der Waals surface area contributed by atoms with Gasteiger partial charge in [-0.25, -0.2) is 0 Å². The Morgan fingerprint density at radius 2 is 2.10 bits per heavy atom. The van der Waals surface area contributed by atoms with Gasteiger partial charge in [-0.15, -0.1) is 24.0 Å². The zero-order chi connectivity index (χ0) is 13.3. The van der Waals surface area contributed by atoms with Crippen LogP contribution < -0.4 is 10.6 Å². The van der Waals surface area contributed by atoms with Gasteiger partial charge in [0, 0.05) is 37.6 Å². The van der Waals surface area contributed by atoms with E-state index < -0.39 is 0 Å². The van der Waals surface area contributed by atoms with E-state index >= 15 is 0 Å². The Bertz CT molecular complexity index is 355. The van der Waals surface area contributed by atoms with E-state index in [4.69, 9.17) is 4.74 Å². The van der Waals surface area contributed by atoms with Crippen LogP contribution in [0.25, 0.3) is 0 Å². The van der Waals surface area contributed by atoms with Crippen LogP contribution in [-0.2, 0) is 4.74 Å². The number of nitrogens with zero attached hydrogens (tertiary/aromatic N) is 1. The minimum atomic E-state index is 0. The van der Waals surface area contributed by atoms with E-state index in [2.05, 4.69) is 22.5 Å². The molecule has 0 amide bonds. The van der Waals surface area contributed by atoms with Crippen molar-refractivity contribution < 1.29 is 4.74 Å². The molecule has 20 heavy (non-hydrogen) atoms. The fourth-order valence-corrected chi connectivity index (χ4v) is 4.49. The lowest BCUT2D eigenvalue weighted by Gasteiger charge is -2.57. The van der Waals surface area contributed by atoms with Crippen molar-refractivity contribution in [3.8, 4) is 0 Å². The highest BCUT2D eigenvalue weighted by molar-refractivity contribution is 14.0. The molecule has 116 valence electrons. The second-order valence-corrected chi connectivity index (χ2v) is 6.31. The van der Waals surface area contributed by atoms with Crippen LogP contribution >= 0.6 is 24.0 Å². The molecule has 0 aromatic heterocycles. The molecule has 0 aromatic carbocycles.